The lowest BCUT2D eigenvalue weighted by Gasteiger charge is -2.07. The number of hydrogen-bond acceptors (Lipinski definition) is 6. The molecule has 0 fully saturated rings. The third-order valence-electron chi connectivity index (χ3n) is 4.57. The number of benzene rings is 2. The van der Waals surface area contributed by atoms with Gasteiger partial charge in [-0.25, -0.2) is 9.97 Å². The van der Waals surface area contributed by atoms with Crippen molar-refractivity contribution in [3.63, 3.8) is 0 Å². The van der Waals surface area contributed by atoms with Crippen LogP contribution in [0.1, 0.15) is 11.1 Å². The molecule has 7 heteroatoms. The van der Waals surface area contributed by atoms with Crippen LogP contribution >= 0.6 is 0 Å². The second kappa shape index (κ2) is 8.10. The van der Waals surface area contributed by atoms with Crippen LogP contribution in [0.15, 0.2) is 61.1 Å². The topological polar surface area (TPSA) is 79.1 Å². The van der Waals surface area contributed by atoms with E-state index in [9.17, 15) is 4.79 Å². The Bertz CT molecular complexity index is 1150. The zero-order valence-electron chi connectivity index (χ0n) is 16.2. The molecule has 0 aliphatic heterocycles. The van der Waals surface area contributed by atoms with Crippen LogP contribution in [-0.4, -0.2) is 32.6 Å². The molecule has 2 aromatic heterocycles. The lowest BCUT2D eigenvalue weighted by atomic mass is 10.0. The van der Waals surface area contributed by atoms with Crippen LogP contribution in [-0.2, 0) is 24.7 Å². The summed E-state index contributed by atoms with van der Waals surface area (Å²) in [6.07, 6.45) is 3.86. The minimum Gasteiger partial charge on any atom is -0.497 e. The third kappa shape index (κ3) is 4.24. The summed E-state index contributed by atoms with van der Waals surface area (Å²) in [6, 6.07) is 15.0. The fraction of sp³-hybridized carbons (Fsp3) is 0.182. The summed E-state index contributed by atoms with van der Waals surface area (Å²) in [5.41, 5.74) is 2.58. The number of aromatic nitrogens is 4. The van der Waals surface area contributed by atoms with Gasteiger partial charge >= 0.3 is 0 Å². The van der Waals surface area contributed by atoms with E-state index >= 15 is 0 Å². The molecule has 2 aromatic carbocycles. The summed E-state index contributed by atoms with van der Waals surface area (Å²) in [4.78, 5) is 20.8. The van der Waals surface area contributed by atoms with Gasteiger partial charge in [0.05, 0.1) is 13.3 Å². The molecule has 4 rings (SSSR count). The lowest BCUT2D eigenvalue weighted by Crippen LogP contribution is -2.06. The molecule has 0 N–H and O–H groups in total. The first-order valence-corrected chi connectivity index (χ1v) is 9.16. The van der Waals surface area contributed by atoms with Crippen molar-refractivity contribution in [3.05, 3.63) is 72.2 Å². The molecule has 0 aliphatic rings. The Kier molecular flexibility index (Phi) is 5.20. The first-order valence-electron chi connectivity index (χ1n) is 9.16. The van der Waals surface area contributed by atoms with E-state index in [1.165, 1.54) is 6.33 Å². The number of hydrogen-bond donors (Lipinski definition) is 0. The number of aryl methyl sites for hydroxylation is 1. The van der Waals surface area contributed by atoms with Gasteiger partial charge in [0.2, 0.25) is 5.88 Å². The molecule has 0 bridgehead atoms. The number of carbonyl (C=O) groups is 1. The fourth-order valence-electron chi connectivity index (χ4n) is 3.11. The van der Waals surface area contributed by atoms with Gasteiger partial charge in [-0.05, 0) is 35.4 Å². The summed E-state index contributed by atoms with van der Waals surface area (Å²) < 4.78 is 12.8. The number of Topliss-reactive ketones (excluding diaryl/α,β-unsaturated/α-hetero) is 1. The van der Waals surface area contributed by atoms with Crippen molar-refractivity contribution in [2.45, 2.75) is 12.8 Å². The monoisotopic (exact) mass is 388 g/mol. The maximum absolute atomic E-state index is 12.4. The van der Waals surface area contributed by atoms with E-state index in [-0.39, 0.29) is 5.78 Å². The molecular formula is C22H20N4O3. The van der Waals surface area contributed by atoms with Gasteiger partial charge in [-0.1, -0.05) is 24.3 Å². The van der Waals surface area contributed by atoms with E-state index in [0.717, 1.165) is 22.3 Å². The van der Waals surface area contributed by atoms with Gasteiger partial charge < -0.3 is 9.47 Å². The second-order valence-electron chi connectivity index (χ2n) is 6.67. The summed E-state index contributed by atoms with van der Waals surface area (Å²) in [5.74, 6) is 1.98. The van der Waals surface area contributed by atoms with Crippen LogP contribution in [0.4, 0.5) is 0 Å². The maximum atomic E-state index is 12.4. The highest BCUT2D eigenvalue weighted by atomic mass is 16.5. The van der Waals surface area contributed by atoms with E-state index < -0.39 is 0 Å². The van der Waals surface area contributed by atoms with Crippen LogP contribution in [0.25, 0.3) is 11.0 Å². The highest BCUT2D eigenvalue weighted by molar-refractivity contribution is 5.83. The molecule has 2 heterocycles. The number of ketones is 1. The summed E-state index contributed by atoms with van der Waals surface area (Å²) in [7, 11) is 3.43. The van der Waals surface area contributed by atoms with E-state index in [1.807, 2.05) is 55.6 Å². The molecule has 0 spiro atoms. The van der Waals surface area contributed by atoms with Gasteiger partial charge in [0.1, 0.15) is 29.0 Å². The fourth-order valence-corrected chi connectivity index (χ4v) is 3.11. The normalized spacial score (nSPS) is 10.8. The average Bonchev–Trinajstić information content (AvgIpc) is 3.11. The molecule has 0 atom stereocenters. The molecule has 0 saturated carbocycles. The Balaban J connectivity index is 1.41. The standard InChI is InChI=1S/C22H20N4O3/c1-26-21-20(13-25-26)22(24-14-23-21)29-18-8-6-15(7-9-18)10-17(27)11-16-4-3-5-19(12-16)28-2/h3-9,12-14H,10-11H2,1-2H3. The van der Waals surface area contributed by atoms with Crippen molar-refractivity contribution in [2.24, 2.45) is 7.05 Å². The SMILES string of the molecule is COc1cccc(CC(=O)Cc2ccc(Oc3ncnc4c3cnn4C)cc2)c1. The summed E-state index contributed by atoms with van der Waals surface area (Å²) >= 11 is 0. The molecule has 29 heavy (non-hydrogen) atoms. The van der Waals surface area contributed by atoms with Gasteiger partial charge in [0, 0.05) is 19.9 Å². The maximum Gasteiger partial charge on any atom is 0.233 e. The number of fused-ring (bicyclic) bond motifs is 1. The van der Waals surface area contributed by atoms with Crippen molar-refractivity contribution in [1.29, 1.82) is 0 Å². The molecule has 0 saturated heterocycles. The van der Waals surface area contributed by atoms with Gasteiger partial charge in [0.25, 0.3) is 0 Å². The van der Waals surface area contributed by atoms with Crippen molar-refractivity contribution >= 4 is 16.8 Å². The summed E-state index contributed by atoms with van der Waals surface area (Å²) in [5, 5.41) is 4.92. The molecular weight excluding hydrogens is 368 g/mol. The Morgan fingerprint density at radius 2 is 1.79 bits per heavy atom. The zero-order chi connectivity index (χ0) is 20.2. The molecule has 146 valence electrons. The first kappa shape index (κ1) is 18.6. The van der Waals surface area contributed by atoms with E-state index in [0.29, 0.717) is 30.1 Å². The minimum atomic E-state index is 0.139. The predicted molar refractivity (Wildman–Crippen MR) is 108 cm³/mol. The zero-order valence-corrected chi connectivity index (χ0v) is 16.2. The van der Waals surface area contributed by atoms with Gasteiger partial charge in [-0.15, -0.1) is 0 Å². The molecule has 7 nitrogen and oxygen atoms in total. The Hall–Kier alpha value is -3.74. The van der Waals surface area contributed by atoms with Crippen LogP contribution in [0, 0.1) is 0 Å². The largest absolute Gasteiger partial charge is 0.497 e. The number of ether oxygens (including phenoxy) is 2. The van der Waals surface area contributed by atoms with Crippen molar-refractivity contribution in [1.82, 2.24) is 19.7 Å². The van der Waals surface area contributed by atoms with Crippen LogP contribution in [0.5, 0.6) is 17.4 Å². The predicted octanol–water partition coefficient (Wildman–Crippen LogP) is 3.52. The molecule has 0 aliphatic carbocycles. The van der Waals surface area contributed by atoms with Gasteiger partial charge in [0.15, 0.2) is 5.65 Å². The smallest absolute Gasteiger partial charge is 0.233 e. The first-order chi connectivity index (χ1) is 14.1. The summed E-state index contributed by atoms with van der Waals surface area (Å²) in [6.45, 7) is 0. The Morgan fingerprint density at radius 1 is 1.00 bits per heavy atom. The van der Waals surface area contributed by atoms with Crippen molar-refractivity contribution in [2.75, 3.05) is 7.11 Å². The third-order valence-corrected chi connectivity index (χ3v) is 4.57. The highest BCUT2D eigenvalue weighted by Crippen LogP contribution is 2.26. The molecule has 0 radical (unpaired) electrons. The van der Waals surface area contributed by atoms with E-state index in [4.69, 9.17) is 9.47 Å². The van der Waals surface area contributed by atoms with Gasteiger partial charge in [-0.3, -0.25) is 9.48 Å². The number of rotatable bonds is 7. The van der Waals surface area contributed by atoms with Crippen LogP contribution in [0.2, 0.25) is 0 Å². The van der Waals surface area contributed by atoms with E-state index in [1.54, 1.807) is 18.0 Å². The van der Waals surface area contributed by atoms with E-state index in [2.05, 4.69) is 15.1 Å². The average molecular weight is 388 g/mol. The molecule has 0 amide bonds. The molecule has 4 aromatic rings. The Morgan fingerprint density at radius 3 is 2.59 bits per heavy atom. The van der Waals surface area contributed by atoms with Crippen molar-refractivity contribution in [3.8, 4) is 17.4 Å². The Labute approximate surface area is 167 Å². The van der Waals surface area contributed by atoms with Gasteiger partial charge in [-0.2, -0.15) is 5.10 Å². The highest BCUT2D eigenvalue weighted by Gasteiger charge is 2.11. The number of nitrogens with zero attached hydrogens (tertiary/aromatic N) is 4. The van der Waals surface area contributed by atoms with Crippen molar-refractivity contribution < 1.29 is 14.3 Å². The lowest BCUT2D eigenvalue weighted by molar-refractivity contribution is -0.117. The van der Waals surface area contributed by atoms with Crippen LogP contribution in [0.3, 0.4) is 0 Å². The minimum absolute atomic E-state index is 0.139. The quantitative estimate of drug-likeness (QED) is 0.482. The number of methoxy groups -OCH3 is 1. The number of carbonyl (C=O) groups excluding carboxylic acids is 1. The van der Waals surface area contributed by atoms with Crippen LogP contribution < -0.4 is 9.47 Å². The second-order valence-corrected chi connectivity index (χ2v) is 6.67. The molecule has 0 unspecified atom stereocenters.